The van der Waals surface area contributed by atoms with Gasteiger partial charge in [-0.1, -0.05) is 19.3 Å². The molecule has 0 aromatic carbocycles. The van der Waals surface area contributed by atoms with E-state index in [2.05, 4.69) is 14.8 Å². The van der Waals surface area contributed by atoms with Crippen LogP contribution in [0.25, 0.3) is 0 Å². The summed E-state index contributed by atoms with van der Waals surface area (Å²) in [5.74, 6) is 2.58. The Labute approximate surface area is 143 Å². The predicted molar refractivity (Wildman–Crippen MR) is 89.5 cm³/mol. The number of aryl methyl sites for hydroxylation is 1. The average Bonchev–Trinajstić information content (AvgIpc) is 3.18. The molecule has 0 spiro atoms. The normalized spacial score (nSPS) is 26.4. The second-order valence-electron chi connectivity index (χ2n) is 7.87. The van der Waals surface area contributed by atoms with Crippen molar-refractivity contribution in [3.8, 4) is 0 Å². The standard InChI is InChI=1S/C18H28N4O2/c23-16(12-18(24)8-2-1-3-9-18)21-10-4-6-14(13-21)17-20-19-15-7-5-11-22(15)17/h14,24H,1-13H2. The number of amides is 1. The van der Waals surface area contributed by atoms with Crippen molar-refractivity contribution in [3.63, 3.8) is 0 Å². The van der Waals surface area contributed by atoms with Gasteiger partial charge in [-0.25, -0.2) is 0 Å². The van der Waals surface area contributed by atoms with Gasteiger partial charge in [-0.15, -0.1) is 10.2 Å². The minimum absolute atomic E-state index is 0.116. The summed E-state index contributed by atoms with van der Waals surface area (Å²) in [7, 11) is 0. The third-order valence-corrected chi connectivity index (χ3v) is 6.04. The first-order chi connectivity index (χ1) is 11.6. The Hall–Kier alpha value is -1.43. The van der Waals surface area contributed by atoms with Crippen molar-refractivity contribution in [1.82, 2.24) is 19.7 Å². The molecule has 6 heteroatoms. The summed E-state index contributed by atoms with van der Waals surface area (Å²) in [5.41, 5.74) is -0.765. The van der Waals surface area contributed by atoms with Gasteiger partial charge in [-0.3, -0.25) is 4.79 Å². The fraction of sp³-hybridized carbons (Fsp3) is 0.833. The molecule has 1 N–H and O–H groups in total. The van der Waals surface area contributed by atoms with Crippen molar-refractivity contribution in [1.29, 1.82) is 0 Å². The minimum Gasteiger partial charge on any atom is -0.389 e. The van der Waals surface area contributed by atoms with Crippen molar-refractivity contribution >= 4 is 5.91 Å². The molecule has 1 unspecified atom stereocenters. The summed E-state index contributed by atoms with van der Waals surface area (Å²) < 4.78 is 2.26. The Morgan fingerprint density at radius 2 is 1.96 bits per heavy atom. The maximum Gasteiger partial charge on any atom is 0.225 e. The highest BCUT2D eigenvalue weighted by atomic mass is 16.3. The van der Waals surface area contributed by atoms with Crippen LogP contribution in [0, 0.1) is 0 Å². The van der Waals surface area contributed by atoms with Gasteiger partial charge in [-0.05, 0) is 32.1 Å². The molecule has 0 radical (unpaired) electrons. The lowest BCUT2D eigenvalue weighted by Gasteiger charge is -2.36. The van der Waals surface area contributed by atoms with Gasteiger partial charge in [0.05, 0.1) is 12.0 Å². The van der Waals surface area contributed by atoms with E-state index < -0.39 is 5.60 Å². The molecule has 1 amide bonds. The molecule has 1 aliphatic carbocycles. The van der Waals surface area contributed by atoms with Crippen LogP contribution in [-0.4, -0.2) is 49.4 Å². The maximum atomic E-state index is 12.7. The summed E-state index contributed by atoms with van der Waals surface area (Å²) in [6.07, 6.45) is 9.36. The van der Waals surface area contributed by atoms with Gasteiger partial charge in [0.2, 0.25) is 5.91 Å². The van der Waals surface area contributed by atoms with E-state index in [1.165, 1.54) is 6.42 Å². The molecule has 3 heterocycles. The molecule has 1 aromatic heterocycles. The number of carbonyl (C=O) groups is 1. The number of carbonyl (C=O) groups excluding carboxylic acids is 1. The van der Waals surface area contributed by atoms with Gasteiger partial charge in [0.1, 0.15) is 11.6 Å². The molecule has 2 aliphatic heterocycles. The number of aromatic nitrogens is 3. The van der Waals surface area contributed by atoms with Crippen LogP contribution in [0.2, 0.25) is 0 Å². The summed E-state index contributed by atoms with van der Waals surface area (Å²) in [5, 5.41) is 19.4. The predicted octanol–water partition coefficient (Wildman–Crippen LogP) is 2.02. The molecule has 1 atom stereocenters. The second-order valence-corrected chi connectivity index (χ2v) is 7.87. The first kappa shape index (κ1) is 16.1. The molecule has 24 heavy (non-hydrogen) atoms. The van der Waals surface area contributed by atoms with E-state index in [0.717, 1.165) is 82.6 Å². The van der Waals surface area contributed by atoms with E-state index in [1.807, 2.05) is 4.90 Å². The van der Waals surface area contributed by atoms with Crippen LogP contribution < -0.4 is 0 Å². The zero-order valence-electron chi connectivity index (χ0n) is 14.4. The van der Waals surface area contributed by atoms with Gasteiger partial charge in [-0.2, -0.15) is 0 Å². The molecule has 1 saturated carbocycles. The summed E-state index contributed by atoms with van der Waals surface area (Å²) >= 11 is 0. The van der Waals surface area contributed by atoms with Crippen LogP contribution in [0.4, 0.5) is 0 Å². The Morgan fingerprint density at radius 1 is 1.12 bits per heavy atom. The lowest BCUT2D eigenvalue weighted by molar-refractivity contribution is -0.139. The number of nitrogens with zero attached hydrogens (tertiary/aromatic N) is 4. The highest BCUT2D eigenvalue weighted by Gasteiger charge is 2.36. The number of hydrogen-bond acceptors (Lipinski definition) is 4. The van der Waals surface area contributed by atoms with E-state index >= 15 is 0 Å². The van der Waals surface area contributed by atoms with Crippen LogP contribution in [0.5, 0.6) is 0 Å². The molecule has 1 aromatic rings. The fourth-order valence-corrected chi connectivity index (χ4v) is 4.67. The molecule has 0 bridgehead atoms. The Bertz CT molecular complexity index is 606. The van der Waals surface area contributed by atoms with Crippen LogP contribution in [0.3, 0.4) is 0 Å². The van der Waals surface area contributed by atoms with E-state index in [-0.39, 0.29) is 12.3 Å². The van der Waals surface area contributed by atoms with Gasteiger partial charge >= 0.3 is 0 Å². The number of likely N-dealkylation sites (tertiary alicyclic amines) is 1. The van der Waals surface area contributed by atoms with Gasteiger partial charge in [0.15, 0.2) is 0 Å². The smallest absolute Gasteiger partial charge is 0.225 e. The monoisotopic (exact) mass is 332 g/mol. The molecule has 1 saturated heterocycles. The van der Waals surface area contributed by atoms with Gasteiger partial charge in [0.25, 0.3) is 0 Å². The number of piperidine rings is 1. The van der Waals surface area contributed by atoms with E-state index in [4.69, 9.17) is 0 Å². The molecular formula is C18H28N4O2. The zero-order chi connectivity index (χ0) is 16.6. The third-order valence-electron chi connectivity index (χ3n) is 6.04. The molecule has 3 aliphatic rings. The van der Waals surface area contributed by atoms with Crippen LogP contribution in [0.15, 0.2) is 0 Å². The molecule has 132 valence electrons. The Kier molecular flexibility index (Phi) is 4.33. The highest BCUT2D eigenvalue weighted by Crippen LogP contribution is 2.33. The Balaban J connectivity index is 1.41. The molecule has 6 nitrogen and oxygen atoms in total. The van der Waals surface area contributed by atoms with Crippen molar-refractivity contribution in [2.75, 3.05) is 13.1 Å². The van der Waals surface area contributed by atoms with Gasteiger partial charge in [0, 0.05) is 32.0 Å². The van der Waals surface area contributed by atoms with Crippen molar-refractivity contribution < 1.29 is 9.90 Å². The van der Waals surface area contributed by atoms with Crippen molar-refractivity contribution in [2.24, 2.45) is 0 Å². The lowest BCUT2D eigenvalue weighted by Crippen LogP contribution is -2.44. The first-order valence-electron chi connectivity index (χ1n) is 9.57. The number of aliphatic hydroxyl groups is 1. The summed E-state index contributed by atoms with van der Waals surface area (Å²) in [6, 6.07) is 0. The maximum absolute atomic E-state index is 12.7. The van der Waals surface area contributed by atoms with Crippen LogP contribution >= 0.6 is 0 Å². The molecular weight excluding hydrogens is 304 g/mol. The fourth-order valence-electron chi connectivity index (χ4n) is 4.67. The summed E-state index contributed by atoms with van der Waals surface area (Å²) in [4.78, 5) is 14.7. The van der Waals surface area contributed by atoms with E-state index in [9.17, 15) is 9.90 Å². The second kappa shape index (κ2) is 6.47. The number of hydrogen-bond donors (Lipinski definition) is 1. The van der Waals surface area contributed by atoms with E-state index in [1.54, 1.807) is 0 Å². The average molecular weight is 332 g/mol. The van der Waals surface area contributed by atoms with Crippen LogP contribution in [0.1, 0.15) is 75.4 Å². The van der Waals surface area contributed by atoms with E-state index in [0.29, 0.717) is 5.92 Å². The van der Waals surface area contributed by atoms with Crippen molar-refractivity contribution in [3.05, 3.63) is 11.6 Å². The van der Waals surface area contributed by atoms with Crippen LogP contribution in [-0.2, 0) is 17.8 Å². The molecule has 4 rings (SSSR count). The molecule has 2 fully saturated rings. The SMILES string of the molecule is O=C(CC1(O)CCCCC1)N1CCCC(c2nnc3n2CCC3)C1. The minimum atomic E-state index is -0.765. The topological polar surface area (TPSA) is 71.2 Å². The first-order valence-corrected chi connectivity index (χ1v) is 9.57. The summed E-state index contributed by atoms with van der Waals surface area (Å²) in [6.45, 7) is 2.56. The number of rotatable bonds is 3. The Morgan fingerprint density at radius 3 is 2.79 bits per heavy atom. The largest absolute Gasteiger partial charge is 0.389 e. The lowest BCUT2D eigenvalue weighted by atomic mass is 9.82. The quantitative estimate of drug-likeness (QED) is 0.919. The number of fused-ring (bicyclic) bond motifs is 1. The van der Waals surface area contributed by atoms with Gasteiger partial charge < -0.3 is 14.6 Å². The third kappa shape index (κ3) is 3.08. The zero-order valence-corrected chi connectivity index (χ0v) is 14.4. The highest BCUT2D eigenvalue weighted by molar-refractivity contribution is 5.77. The van der Waals surface area contributed by atoms with Crippen molar-refractivity contribution in [2.45, 2.75) is 82.3 Å².